The van der Waals surface area contributed by atoms with Gasteiger partial charge >= 0.3 is 6.09 Å². The van der Waals surface area contributed by atoms with Crippen molar-refractivity contribution in [3.8, 4) is 0 Å². The lowest BCUT2D eigenvalue weighted by atomic mass is 10.2. The predicted octanol–water partition coefficient (Wildman–Crippen LogP) is 2.03. The number of rotatable bonds is 3. The summed E-state index contributed by atoms with van der Waals surface area (Å²) in [5.74, 6) is 0.236. The molecule has 0 aromatic carbocycles. The molecule has 0 fully saturated rings. The first-order valence-corrected chi connectivity index (χ1v) is 8.33. The number of likely N-dealkylation sites (N-methyl/N-ethyl adjacent to an activating group) is 1. The van der Waals surface area contributed by atoms with Crippen LogP contribution in [0.1, 0.15) is 34.6 Å². The molecule has 0 radical (unpaired) electrons. The highest BCUT2D eigenvalue weighted by atomic mass is 16.6. The van der Waals surface area contributed by atoms with Gasteiger partial charge in [-0.1, -0.05) is 0 Å². The van der Waals surface area contributed by atoms with E-state index in [0.717, 1.165) is 0 Å². The van der Waals surface area contributed by atoms with Crippen LogP contribution >= 0.6 is 0 Å². The molecule has 1 aliphatic rings. The Morgan fingerprint density at radius 3 is 2.62 bits per heavy atom. The molecule has 2 unspecified atom stereocenters. The number of aromatic nitrogens is 1. The third-order valence-electron chi connectivity index (χ3n) is 3.79. The van der Waals surface area contributed by atoms with Crippen molar-refractivity contribution in [1.82, 2.24) is 9.88 Å². The van der Waals surface area contributed by atoms with Crippen LogP contribution in [0, 0.1) is 0 Å². The minimum absolute atomic E-state index is 0.149. The van der Waals surface area contributed by atoms with Crippen LogP contribution in [0.15, 0.2) is 12.1 Å². The summed E-state index contributed by atoms with van der Waals surface area (Å²) in [4.78, 5) is 41.6. The Labute approximate surface area is 152 Å². The van der Waals surface area contributed by atoms with E-state index < -0.39 is 29.7 Å². The van der Waals surface area contributed by atoms with Crippen molar-refractivity contribution < 1.29 is 19.1 Å². The number of nitrogens with zero attached hydrogens (tertiary/aromatic N) is 2. The summed E-state index contributed by atoms with van der Waals surface area (Å²) in [5, 5.41) is 8.35. The zero-order valence-corrected chi connectivity index (χ0v) is 15.8. The maximum Gasteiger partial charge on any atom is 0.410 e. The molecule has 9 heteroatoms. The van der Waals surface area contributed by atoms with E-state index in [-0.39, 0.29) is 5.91 Å². The van der Waals surface area contributed by atoms with E-state index in [4.69, 9.17) is 4.74 Å². The normalized spacial score (nSPS) is 17.3. The van der Waals surface area contributed by atoms with Gasteiger partial charge in [0.05, 0.1) is 5.69 Å². The topological polar surface area (TPSA) is 113 Å². The number of ether oxygens (including phenoxy) is 1. The summed E-state index contributed by atoms with van der Waals surface area (Å²) in [6.07, 6.45) is -0.586. The average molecular weight is 363 g/mol. The molecule has 2 rings (SSSR count). The summed E-state index contributed by atoms with van der Waals surface area (Å²) in [5.41, 5.74) is -0.0981. The number of pyridine rings is 1. The first kappa shape index (κ1) is 19.5. The van der Waals surface area contributed by atoms with E-state index in [1.54, 1.807) is 46.8 Å². The molecule has 2 atom stereocenters. The van der Waals surface area contributed by atoms with E-state index in [1.807, 2.05) is 0 Å². The fraction of sp³-hybridized carbons (Fsp3) is 0.529. The lowest BCUT2D eigenvalue weighted by Gasteiger charge is -2.28. The molecule has 2 heterocycles. The molecule has 1 aromatic rings. The van der Waals surface area contributed by atoms with Gasteiger partial charge in [-0.3, -0.25) is 14.5 Å². The number of amides is 3. The van der Waals surface area contributed by atoms with Crippen molar-refractivity contribution in [1.29, 1.82) is 0 Å². The number of hydrogen-bond donors (Lipinski definition) is 3. The van der Waals surface area contributed by atoms with Gasteiger partial charge in [-0.25, -0.2) is 9.78 Å². The monoisotopic (exact) mass is 363 g/mol. The maximum absolute atomic E-state index is 12.4. The van der Waals surface area contributed by atoms with Gasteiger partial charge in [-0.05, 0) is 46.8 Å². The minimum Gasteiger partial charge on any atom is -0.444 e. The standard InChI is InChI=1S/C17H25N5O4/c1-9-14(23)19-11-7-8-12(20-13(11)18-9)21-15(24)10(2)22(6)16(25)26-17(3,4)5/h7-10H,1-6H3,(H,19,23)(H2,18,20,21,24). The summed E-state index contributed by atoms with van der Waals surface area (Å²) < 4.78 is 5.26. The largest absolute Gasteiger partial charge is 0.444 e. The molecule has 0 saturated heterocycles. The molecule has 1 aromatic heterocycles. The molecule has 3 N–H and O–H groups in total. The second-order valence-corrected chi connectivity index (χ2v) is 7.20. The van der Waals surface area contributed by atoms with E-state index in [9.17, 15) is 14.4 Å². The number of fused-ring (bicyclic) bond motifs is 1. The Hall–Kier alpha value is -2.84. The SMILES string of the molecule is CC1Nc2nc(NC(=O)C(C)N(C)C(=O)OC(C)(C)C)ccc2NC1=O. The molecular formula is C17H25N5O4. The van der Waals surface area contributed by atoms with Crippen LogP contribution in [-0.2, 0) is 14.3 Å². The van der Waals surface area contributed by atoms with Gasteiger partial charge < -0.3 is 20.7 Å². The van der Waals surface area contributed by atoms with Gasteiger partial charge in [-0.2, -0.15) is 0 Å². The van der Waals surface area contributed by atoms with Crippen molar-refractivity contribution in [2.75, 3.05) is 23.0 Å². The zero-order chi connectivity index (χ0) is 19.6. The quantitative estimate of drug-likeness (QED) is 0.757. The molecule has 1 aliphatic heterocycles. The molecule has 0 aliphatic carbocycles. The van der Waals surface area contributed by atoms with Crippen LogP contribution in [-0.4, -0.2) is 52.5 Å². The van der Waals surface area contributed by atoms with Crippen molar-refractivity contribution in [3.63, 3.8) is 0 Å². The predicted molar refractivity (Wildman–Crippen MR) is 98.0 cm³/mol. The van der Waals surface area contributed by atoms with Gasteiger partial charge in [0.15, 0.2) is 5.82 Å². The number of carbonyl (C=O) groups is 3. The van der Waals surface area contributed by atoms with Crippen LogP contribution in [0.5, 0.6) is 0 Å². The second kappa shape index (κ2) is 7.19. The van der Waals surface area contributed by atoms with Crippen molar-refractivity contribution >= 4 is 35.2 Å². The number of carbonyl (C=O) groups excluding carboxylic acids is 3. The van der Waals surface area contributed by atoms with E-state index in [2.05, 4.69) is 20.9 Å². The summed E-state index contributed by atoms with van der Waals surface area (Å²) in [6, 6.07) is 2.05. The van der Waals surface area contributed by atoms with Crippen LogP contribution in [0.25, 0.3) is 0 Å². The maximum atomic E-state index is 12.4. The molecule has 0 spiro atoms. The lowest BCUT2D eigenvalue weighted by Crippen LogP contribution is -2.45. The smallest absolute Gasteiger partial charge is 0.410 e. The van der Waals surface area contributed by atoms with E-state index >= 15 is 0 Å². The van der Waals surface area contributed by atoms with Crippen LogP contribution < -0.4 is 16.0 Å². The molecule has 26 heavy (non-hydrogen) atoms. The van der Waals surface area contributed by atoms with Crippen molar-refractivity contribution in [3.05, 3.63) is 12.1 Å². The molecule has 3 amide bonds. The van der Waals surface area contributed by atoms with Gasteiger partial charge in [0.2, 0.25) is 11.8 Å². The Balaban J connectivity index is 2.04. The average Bonchev–Trinajstić information content (AvgIpc) is 2.53. The first-order chi connectivity index (χ1) is 12.0. The Morgan fingerprint density at radius 1 is 1.35 bits per heavy atom. The molecule has 9 nitrogen and oxygen atoms in total. The van der Waals surface area contributed by atoms with Crippen LogP contribution in [0.4, 0.5) is 22.1 Å². The lowest BCUT2D eigenvalue weighted by molar-refractivity contribution is -0.120. The third kappa shape index (κ3) is 4.62. The molecular weight excluding hydrogens is 338 g/mol. The number of nitrogens with one attached hydrogen (secondary N) is 3. The van der Waals surface area contributed by atoms with E-state index in [0.29, 0.717) is 17.3 Å². The number of hydrogen-bond acceptors (Lipinski definition) is 6. The van der Waals surface area contributed by atoms with Gasteiger partial charge in [0.1, 0.15) is 23.5 Å². The summed E-state index contributed by atoms with van der Waals surface area (Å²) in [6.45, 7) is 8.58. The fourth-order valence-electron chi connectivity index (χ4n) is 2.15. The van der Waals surface area contributed by atoms with E-state index in [1.165, 1.54) is 11.9 Å². The Kier molecular flexibility index (Phi) is 5.38. The zero-order valence-electron chi connectivity index (χ0n) is 15.8. The van der Waals surface area contributed by atoms with Crippen LogP contribution in [0.2, 0.25) is 0 Å². The fourth-order valence-corrected chi connectivity index (χ4v) is 2.15. The highest BCUT2D eigenvalue weighted by Gasteiger charge is 2.28. The molecule has 142 valence electrons. The molecule has 0 saturated carbocycles. The Morgan fingerprint density at radius 2 is 2.00 bits per heavy atom. The van der Waals surface area contributed by atoms with Crippen molar-refractivity contribution in [2.45, 2.75) is 52.3 Å². The first-order valence-electron chi connectivity index (χ1n) is 8.33. The van der Waals surface area contributed by atoms with Gasteiger partial charge in [0, 0.05) is 7.05 Å². The highest BCUT2D eigenvalue weighted by molar-refractivity contribution is 6.02. The second-order valence-electron chi connectivity index (χ2n) is 7.20. The number of anilines is 3. The highest BCUT2D eigenvalue weighted by Crippen LogP contribution is 2.26. The third-order valence-corrected chi connectivity index (χ3v) is 3.79. The Bertz CT molecular complexity index is 728. The van der Waals surface area contributed by atoms with Gasteiger partial charge in [-0.15, -0.1) is 0 Å². The van der Waals surface area contributed by atoms with Crippen molar-refractivity contribution in [2.24, 2.45) is 0 Å². The van der Waals surface area contributed by atoms with Gasteiger partial charge in [0.25, 0.3) is 0 Å². The summed E-state index contributed by atoms with van der Waals surface area (Å²) in [7, 11) is 1.50. The summed E-state index contributed by atoms with van der Waals surface area (Å²) >= 11 is 0. The van der Waals surface area contributed by atoms with Crippen LogP contribution in [0.3, 0.4) is 0 Å². The molecule has 0 bridgehead atoms. The minimum atomic E-state index is -0.755.